The van der Waals surface area contributed by atoms with E-state index in [4.69, 9.17) is 4.74 Å². The van der Waals surface area contributed by atoms with Gasteiger partial charge in [-0.05, 0) is 60.6 Å². The van der Waals surface area contributed by atoms with Gasteiger partial charge in [-0.3, -0.25) is 9.59 Å². The van der Waals surface area contributed by atoms with E-state index in [1.54, 1.807) is 12.1 Å². The fourth-order valence-electron chi connectivity index (χ4n) is 4.45. The number of unbranched alkanes of at least 4 members (excludes halogenated alkanes) is 2. The second-order valence-corrected chi connectivity index (χ2v) is 10.1. The fraction of sp³-hybridized carbons (Fsp3) is 0.448. The molecule has 1 aliphatic heterocycles. The molecule has 0 aromatic heterocycles. The number of phenols is 1. The summed E-state index contributed by atoms with van der Waals surface area (Å²) in [5.74, 6) is -1.25. The summed E-state index contributed by atoms with van der Waals surface area (Å²) in [6, 6.07) is 9.88. The zero-order chi connectivity index (χ0) is 25.9. The minimum Gasteiger partial charge on any atom is -0.507 e. The summed E-state index contributed by atoms with van der Waals surface area (Å²) in [5.41, 5.74) is 2.88. The van der Waals surface area contributed by atoms with Crippen molar-refractivity contribution < 1.29 is 24.5 Å². The monoisotopic (exact) mass is 479 g/mol. The van der Waals surface area contributed by atoms with Crippen molar-refractivity contribution in [1.29, 1.82) is 0 Å². The Kier molecular flexibility index (Phi) is 7.93. The van der Waals surface area contributed by atoms with E-state index in [1.807, 2.05) is 32.0 Å². The Morgan fingerprint density at radius 1 is 1.06 bits per heavy atom. The van der Waals surface area contributed by atoms with Gasteiger partial charge in [-0.2, -0.15) is 0 Å². The number of hydrogen-bond acceptors (Lipinski definition) is 5. The summed E-state index contributed by atoms with van der Waals surface area (Å²) in [6.45, 7) is 12.8. The molecule has 2 N–H and O–H groups in total. The van der Waals surface area contributed by atoms with E-state index < -0.39 is 17.7 Å². The number of ketones is 1. The average molecular weight is 480 g/mol. The second kappa shape index (κ2) is 10.5. The molecule has 1 saturated heterocycles. The molecule has 0 radical (unpaired) electrons. The summed E-state index contributed by atoms with van der Waals surface area (Å²) in [7, 11) is 0. The van der Waals surface area contributed by atoms with Crippen LogP contribution >= 0.6 is 0 Å². The number of likely N-dealkylation sites (tertiary alicyclic amines) is 1. The summed E-state index contributed by atoms with van der Waals surface area (Å²) < 4.78 is 5.56. The van der Waals surface area contributed by atoms with Crippen LogP contribution in [0.25, 0.3) is 5.76 Å². The topological polar surface area (TPSA) is 87.1 Å². The number of aromatic hydroxyl groups is 1. The van der Waals surface area contributed by atoms with E-state index in [2.05, 4.69) is 27.7 Å². The van der Waals surface area contributed by atoms with Crippen molar-refractivity contribution in [1.82, 2.24) is 4.90 Å². The SMILES string of the molecule is CCCCCN1C(=O)C(=O)/C(=C(/O)c2cc(C(C)(C)C)ccc2C)C1c1ccc(O)c(OCC)c1. The summed E-state index contributed by atoms with van der Waals surface area (Å²) >= 11 is 0. The first kappa shape index (κ1) is 26.3. The second-order valence-electron chi connectivity index (χ2n) is 10.1. The number of carbonyl (C=O) groups is 2. The lowest BCUT2D eigenvalue weighted by Crippen LogP contribution is -2.30. The molecule has 1 heterocycles. The molecule has 6 heteroatoms. The van der Waals surface area contributed by atoms with Gasteiger partial charge in [0.15, 0.2) is 11.5 Å². The zero-order valence-corrected chi connectivity index (χ0v) is 21.6. The summed E-state index contributed by atoms with van der Waals surface area (Å²) in [4.78, 5) is 28.0. The number of hydrogen-bond donors (Lipinski definition) is 2. The van der Waals surface area contributed by atoms with Crippen molar-refractivity contribution in [3.8, 4) is 11.5 Å². The maximum atomic E-state index is 13.3. The standard InChI is InChI=1S/C29H37NO5/c1-7-9-10-15-30-25(19-12-14-22(31)23(16-19)35-8-2)24(27(33)28(30)34)26(32)21-17-20(29(4,5)6)13-11-18(21)3/h11-14,16-17,25,31-32H,7-10,15H2,1-6H3/b26-24+. The van der Waals surface area contributed by atoms with E-state index in [9.17, 15) is 19.8 Å². The number of nitrogens with zero attached hydrogens (tertiary/aromatic N) is 1. The lowest BCUT2D eigenvalue weighted by atomic mass is 9.84. The molecule has 0 bridgehead atoms. The van der Waals surface area contributed by atoms with Crippen LogP contribution in [0.5, 0.6) is 11.5 Å². The third-order valence-corrected chi connectivity index (χ3v) is 6.50. The number of Topliss-reactive ketones (excluding diaryl/α,β-unsaturated/α-hetero) is 1. The van der Waals surface area contributed by atoms with Crippen LogP contribution in [0.1, 0.15) is 82.2 Å². The van der Waals surface area contributed by atoms with Gasteiger partial charge in [0, 0.05) is 12.1 Å². The van der Waals surface area contributed by atoms with Crippen molar-refractivity contribution in [2.45, 2.75) is 72.3 Å². The molecular formula is C29H37NO5. The maximum absolute atomic E-state index is 13.3. The van der Waals surface area contributed by atoms with Crippen LogP contribution in [0.2, 0.25) is 0 Å². The van der Waals surface area contributed by atoms with E-state index >= 15 is 0 Å². The predicted molar refractivity (Wildman–Crippen MR) is 138 cm³/mol. The third kappa shape index (κ3) is 5.37. The molecule has 1 aliphatic rings. The third-order valence-electron chi connectivity index (χ3n) is 6.50. The number of rotatable bonds is 8. The van der Waals surface area contributed by atoms with Gasteiger partial charge in [-0.15, -0.1) is 0 Å². The molecule has 1 unspecified atom stereocenters. The molecule has 3 rings (SSSR count). The van der Waals surface area contributed by atoms with E-state index in [0.717, 1.165) is 30.4 Å². The normalized spacial score (nSPS) is 17.8. The van der Waals surface area contributed by atoms with E-state index in [-0.39, 0.29) is 28.2 Å². The molecule has 0 saturated carbocycles. The molecule has 0 aliphatic carbocycles. The fourth-order valence-corrected chi connectivity index (χ4v) is 4.45. The van der Waals surface area contributed by atoms with Gasteiger partial charge < -0.3 is 19.8 Å². The molecular weight excluding hydrogens is 442 g/mol. The van der Waals surface area contributed by atoms with Gasteiger partial charge in [-0.1, -0.05) is 58.7 Å². The average Bonchev–Trinajstić information content (AvgIpc) is 3.05. The molecule has 0 spiro atoms. The minimum absolute atomic E-state index is 0.0211. The number of aryl methyl sites for hydroxylation is 1. The van der Waals surface area contributed by atoms with Crippen LogP contribution in [0.15, 0.2) is 42.0 Å². The highest BCUT2D eigenvalue weighted by Gasteiger charge is 2.46. The molecule has 1 atom stereocenters. The molecule has 1 amide bonds. The molecule has 2 aromatic rings. The summed E-state index contributed by atoms with van der Waals surface area (Å²) in [5, 5.41) is 21.7. The van der Waals surface area contributed by atoms with Crippen molar-refractivity contribution >= 4 is 17.4 Å². The number of aliphatic hydroxyl groups is 1. The van der Waals surface area contributed by atoms with Gasteiger partial charge in [-0.25, -0.2) is 0 Å². The summed E-state index contributed by atoms with van der Waals surface area (Å²) in [6.07, 6.45) is 2.64. The Bertz CT molecular complexity index is 1140. The molecule has 1 fully saturated rings. The highest BCUT2D eigenvalue weighted by molar-refractivity contribution is 6.46. The zero-order valence-electron chi connectivity index (χ0n) is 21.6. The van der Waals surface area contributed by atoms with Gasteiger partial charge >= 0.3 is 0 Å². The Morgan fingerprint density at radius 3 is 2.40 bits per heavy atom. The minimum atomic E-state index is -0.774. The number of carbonyl (C=O) groups excluding carboxylic acids is 2. The van der Waals surface area contributed by atoms with Gasteiger partial charge in [0.2, 0.25) is 0 Å². The van der Waals surface area contributed by atoms with E-state index in [0.29, 0.717) is 24.3 Å². The van der Waals surface area contributed by atoms with Crippen LogP contribution in [-0.2, 0) is 15.0 Å². The first-order chi connectivity index (χ1) is 16.5. The smallest absolute Gasteiger partial charge is 0.295 e. The first-order valence-corrected chi connectivity index (χ1v) is 12.4. The number of phenolic OH excluding ortho intramolecular Hbond substituents is 1. The number of benzene rings is 2. The largest absolute Gasteiger partial charge is 0.507 e. The number of ether oxygens (including phenoxy) is 1. The van der Waals surface area contributed by atoms with Gasteiger partial charge in [0.1, 0.15) is 5.76 Å². The Labute approximate surface area is 208 Å². The van der Waals surface area contributed by atoms with E-state index in [1.165, 1.54) is 11.0 Å². The van der Waals surface area contributed by atoms with Crippen molar-refractivity contribution in [3.05, 3.63) is 64.2 Å². The molecule has 188 valence electrons. The van der Waals surface area contributed by atoms with Gasteiger partial charge in [0.25, 0.3) is 11.7 Å². The van der Waals surface area contributed by atoms with Crippen molar-refractivity contribution in [2.75, 3.05) is 13.2 Å². The van der Waals surface area contributed by atoms with Crippen LogP contribution in [-0.4, -0.2) is 40.0 Å². The van der Waals surface area contributed by atoms with Crippen LogP contribution in [0.4, 0.5) is 0 Å². The molecule has 35 heavy (non-hydrogen) atoms. The molecule has 6 nitrogen and oxygen atoms in total. The predicted octanol–water partition coefficient (Wildman–Crippen LogP) is 6.01. The van der Waals surface area contributed by atoms with Crippen molar-refractivity contribution in [3.63, 3.8) is 0 Å². The highest BCUT2D eigenvalue weighted by Crippen LogP contribution is 2.42. The lowest BCUT2D eigenvalue weighted by molar-refractivity contribution is -0.139. The van der Waals surface area contributed by atoms with Crippen LogP contribution in [0.3, 0.4) is 0 Å². The van der Waals surface area contributed by atoms with Crippen LogP contribution < -0.4 is 4.74 Å². The highest BCUT2D eigenvalue weighted by atomic mass is 16.5. The van der Waals surface area contributed by atoms with Gasteiger partial charge in [0.05, 0.1) is 18.2 Å². The first-order valence-electron chi connectivity index (χ1n) is 12.4. The Morgan fingerprint density at radius 2 is 1.77 bits per heavy atom. The Hall–Kier alpha value is -3.28. The number of aliphatic hydroxyl groups excluding tert-OH is 1. The van der Waals surface area contributed by atoms with Crippen molar-refractivity contribution in [2.24, 2.45) is 0 Å². The maximum Gasteiger partial charge on any atom is 0.295 e. The van der Waals surface area contributed by atoms with Crippen LogP contribution in [0, 0.1) is 6.92 Å². The molecule has 2 aromatic carbocycles. The quantitative estimate of drug-likeness (QED) is 0.210. The number of amides is 1. The lowest BCUT2D eigenvalue weighted by Gasteiger charge is -2.26. The Balaban J connectivity index is 2.23.